The molecule has 10 heteroatoms. The summed E-state index contributed by atoms with van der Waals surface area (Å²) in [6.07, 6.45) is 1.39. The number of nitrogens with one attached hydrogen (secondary N) is 1. The number of benzene rings is 3. The Morgan fingerprint density at radius 1 is 1.18 bits per heavy atom. The van der Waals surface area contributed by atoms with E-state index < -0.39 is 0 Å². The number of aromatic hydroxyl groups is 1. The molecule has 0 atom stereocenters. The number of fused-ring (bicyclic) bond motifs is 1. The van der Waals surface area contributed by atoms with Gasteiger partial charge in [0.05, 0.1) is 34.0 Å². The lowest BCUT2D eigenvalue weighted by Gasteiger charge is -2.10. The highest BCUT2D eigenvalue weighted by Gasteiger charge is 2.14. The predicted octanol–water partition coefficient (Wildman–Crippen LogP) is 6.21. The summed E-state index contributed by atoms with van der Waals surface area (Å²) >= 11 is 14.3. The molecule has 6 nitrogen and oxygen atoms in total. The number of hydrogen-bond donors (Lipinski definition) is 2. The molecule has 0 saturated heterocycles. The Labute approximate surface area is 216 Å². The third-order valence-corrected chi connectivity index (χ3v) is 7.10. The molecule has 0 saturated carbocycles. The molecule has 1 aromatic heterocycles. The Kier molecular flexibility index (Phi) is 7.75. The number of carbonyl (C=O) groups is 1. The van der Waals surface area contributed by atoms with Crippen LogP contribution in [-0.2, 0) is 11.3 Å². The molecule has 0 spiro atoms. The van der Waals surface area contributed by atoms with Crippen molar-refractivity contribution in [2.45, 2.75) is 11.7 Å². The Hall–Kier alpha value is -2.33. The van der Waals surface area contributed by atoms with Gasteiger partial charge < -0.3 is 9.67 Å². The molecule has 0 aliphatic heterocycles. The zero-order chi connectivity index (χ0) is 23.4. The molecular formula is C23H17Br2ClN4O2S. The van der Waals surface area contributed by atoms with Gasteiger partial charge in [-0.05, 0) is 51.8 Å². The minimum absolute atomic E-state index is 0.0406. The van der Waals surface area contributed by atoms with Crippen LogP contribution in [0.5, 0.6) is 5.75 Å². The van der Waals surface area contributed by atoms with Crippen molar-refractivity contribution in [3.05, 3.63) is 85.8 Å². The second kappa shape index (κ2) is 10.7. The van der Waals surface area contributed by atoms with Gasteiger partial charge in [0.15, 0.2) is 5.16 Å². The van der Waals surface area contributed by atoms with Gasteiger partial charge in [0.25, 0.3) is 5.91 Å². The molecule has 0 aliphatic rings. The van der Waals surface area contributed by atoms with Crippen LogP contribution >= 0.6 is 55.2 Å². The Morgan fingerprint density at radius 2 is 1.94 bits per heavy atom. The van der Waals surface area contributed by atoms with E-state index in [1.165, 1.54) is 18.0 Å². The van der Waals surface area contributed by atoms with Crippen molar-refractivity contribution in [1.82, 2.24) is 15.0 Å². The first-order chi connectivity index (χ1) is 15.9. The number of phenolic OH excluding ortho intramolecular Hbond substituents is 1. The quantitative estimate of drug-likeness (QED) is 0.149. The number of amides is 1. The van der Waals surface area contributed by atoms with Crippen molar-refractivity contribution in [1.29, 1.82) is 0 Å². The number of para-hydroxylation sites is 2. The van der Waals surface area contributed by atoms with Crippen LogP contribution in [-0.4, -0.2) is 32.5 Å². The van der Waals surface area contributed by atoms with Crippen molar-refractivity contribution in [3.8, 4) is 5.75 Å². The Morgan fingerprint density at radius 3 is 2.76 bits per heavy atom. The number of phenols is 1. The van der Waals surface area contributed by atoms with Gasteiger partial charge in [0.1, 0.15) is 5.75 Å². The second-order valence-electron chi connectivity index (χ2n) is 6.97. The molecule has 33 heavy (non-hydrogen) atoms. The Balaban J connectivity index is 1.47. The number of carbonyl (C=O) groups excluding carboxylic acids is 1. The summed E-state index contributed by atoms with van der Waals surface area (Å²) in [5.41, 5.74) is 5.74. The van der Waals surface area contributed by atoms with Crippen molar-refractivity contribution in [3.63, 3.8) is 0 Å². The summed E-state index contributed by atoms with van der Waals surface area (Å²) in [7, 11) is 0. The number of imidazole rings is 1. The highest BCUT2D eigenvalue weighted by atomic mass is 79.9. The second-order valence-corrected chi connectivity index (χ2v) is 10.1. The number of hydrogen-bond acceptors (Lipinski definition) is 5. The van der Waals surface area contributed by atoms with E-state index in [4.69, 9.17) is 16.6 Å². The molecule has 3 aromatic carbocycles. The number of thioether (sulfide) groups is 1. The summed E-state index contributed by atoms with van der Waals surface area (Å²) < 4.78 is 3.35. The molecular weight excluding hydrogens is 592 g/mol. The number of nitrogens with zero attached hydrogens (tertiary/aromatic N) is 3. The van der Waals surface area contributed by atoms with Gasteiger partial charge in [-0.2, -0.15) is 5.10 Å². The average molecular weight is 609 g/mol. The van der Waals surface area contributed by atoms with Gasteiger partial charge in [-0.25, -0.2) is 10.4 Å². The minimum Gasteiger partial charge on any atom is -0.506 e. The van der Waals surface area contributed by atoms with Gasteiger partial charge in [0, 0.05) is 15.1 Å². The fourth-order valence-corrected chi connectivity index (χ4v) is 5.39. The lowest BCUT2D eigenvalue weighted by Crippen LogP contribution is -2.20. The van der Waals surface area contributed by atoms with Gasteiger partial charge >= 0.3 is 0 Å². The van der Waals surface area contributed by atoms with E-state index in [-0.39, 0.29) is 17.4 Å². The van der Waals surface area contributed by atoms with E-state index in [2.05, 4.69) is 47.0 Å². The summed E-state index contributed by atoms with van der Waals surface area (Å²) in [6.45, 7) is 0.541. The van der Waals surface area contributed by atoms with Crippen molar-refractivity contribution < 1.29 is 9.90 Å². The minimum atomic E-state index is -0.291. The third kappa shape index (κ3) is 5.78. The zero-order valence-electron chi connectivity index (χ0n) is 17.0. The molecule has 4 rings (SSSR count). The zero-order valence-corrected chi connectivity index (χ0v) is 21.7. The predicted molar refractivity (Wildman–Crippen MR) is 140 cm³/mol. The lowest BCUT2D eigenvalue weighted by molar-refractivity contribution is -0.118. The van der Waals surface area contributed by atoms with Crippen LogP contribution in [0, 0.1) is 0 Å². The maximum absolute atomic E-state index is 12.4. The maximum Gasteiger partial charge on any atom is 0.250 e. The molecule has 0 fully saturated rings. The summed E-state index contributed by atoms with van der Waals surface area (Å²) in [4.78, 5) is 17.1. The average Bonchev–Trinajstić information content (AvgIpc) is 3.14. The summed E-state index contributed by atoms with van der Waals surface area (Å²) in [6, 6.07) is 18.9. The fourth-order valence-electron chi connectivity index (χ4n) is 3.13. The lowest BCUT2D eigenvalue weighted by atomic mass is 10.2. The van der Waals surface area contributed by atoms with E-state index in [0.29, 0.717) is 26.8 Å². The number of rotatable bonds is 7. The monoisotopic (exact) mass is 606 g/mol. The first kappa shape index (κ1) is 23.8. The highest BCUT2D eigenvalue weighted by molar-refractivity contribution is 9.11. The van der Waals surface area contributed by atoms with Crippen molar-refractivity contribution in [2.24, 2.45) is 5.10 Å². The SMILES string of the molecule is O=C(CSc1nc2ccccc2n1Cc1ccccc1Cl)N/N=C/c1cc(Br)cc(Br)c1O. The molecule has 0 aliphatic carbocycles. The highest BCUT2D eigenvalue weighted by Crippen LogP contribution is 2.30. The van der Waals surface area contributed by atoms with E-state index in [9.17, 15) is 9.90 Å². The van der Waals surface area contributed by atoms with E-state index >= 15 is 0 Å². The molecule has 1 amide bonds. The van der Waals surface area contributed by atoms with Gasteiger partial charge in [-0.15, -0.1) is 0 Å². The van der Waals surface area contributed by atoms with Crippen LogP contribution < -0.4 is 5.43 Å². The molecule has 2 N–H and O–H groups in total. The van der Waals surface area contributed by atoms with Crippen LogP contribution in [0.25, 0.3) is 11.0 Å². The molecule has 0 unspecified atom stereocenters. The van der Waals surface area contributed by atoms with Crippen LogP contribution in [0.15, 0.2) is 79.9 Å². The molecule has 4 aromatic rings. The molecule has 0 bridgehead atoms. The van der Waals surface area contributed by atoms with Crippen LogP contribution in [0.1, 0.15) is 11.1 Å². The number of hydrazone groups is 1. The van der Waals surface area contributed by atoms with E-state index in [1.54, 1.807) is 12.1 Å². The molecule has 0 radical (unpaired) electrons. The van der Waals surface area contributed by atoms with Crippen LogP contribution in [0.3, 0.4) is 0 Å². The van der Waals surface area contributed by atoms with Gasteiger partial charge in [0.2, 0.25) is 0 Å². The van der Waals surface area contributed by atoms with Gasteiger partial charge in [-0.1, -0.05) is 69.6 Å². The van der Waals surface area contributed by atoms with Gasteiger partial charge in [-0.3, -0.25) is 4.79 Å². The normalized spacial score (nSPS) is 11.4. The summed E-state index contributed by atoms with van der Waals surface area (Å²) in [5, 5.41) is 15.4. The topological polar surface area (TPSA) is 79.5 Å². The molecule has 1 heterocycles. The first-order valence-electron chi connectivity index (χ1n) is 9.74. The smallest absolute Gasteiger partial charge is 0.250 e. The largest absolute Gasteiger partial charge is 0.506 e. The molecule has 168 valence electrons. The Bertz CT molecular complexity index is 1360. The fraction of sp³-hybridized carbons (Fsp3) is 0.0870. The maximum atomic E-state index is 12.4. The van der Waals surface area contributed by atoms with E-state index in [0.717, 1.165) is 21.1 Å². The first-order valence-corrected chi connectivity index (χ1v) is 12.7. The number of aromatic nitrogens is 2. The van der Waals surface area contributed by atoms with E-state index in [1.807, 2.05) is 48.5 Å². The van der Waals surface area contributed by atoms with Crippen molar-refractivity contribution >= 4 is 78.4 Å². The van der Waals surface area contributed by atoms with Crippen LogP contribution in [0.4, 0.5) is 0 Å². The summed E-state index contributed by atoms with van der Waals surface area (Å²) in [5.74, 6) is -0.128. The van der Waals surface area contributed by atoms with Crippen molar-refractivity contribution in [2.75, 3.05) is 5.75 Å². The third-order valence-electron chi connectivity index (χ3n) is 4.69. The standard InChI is InChI=1S/C23H17Br2ClN4O2S/c24-16-9-15(22(32)17(25)10-16)11-27-29-21(31)13-33-23-28-19-7-3-4-8-20(19)30(23)12-14-5-1-2-6-18(14)26/h1-11,32H,12-13H2,(H,29,31)/b27-11+. The number of halogens is 3. The van der Waals surface area contributed by atoms with Crippen LogP contribution in [0.2, 0.25) is 5.02 Å².